The molecule has 0 saturated heterocycles. The number of carbonyl (C=O) groups excluding carboxylic acids is 2. The minimum absolute atomic E-state index is 0.129. The first kappa shape index (κ1) is 25.2. The zero-order valence-corrected chi connectivity index (χ0v) is 20.2. The van der Waals surface area contributed by atoms with E-state index in [0.29, 0.717) is 17.7 Å². The third-order valence-corrected chi connectivity index (χ3v) is 6.06. The number of hydrazone groups is 1. The van der Waals surface area contributed by atoms with Gasteiger partial charge < -0.3 is 9.64 Å². The van der Waals surface area contributed by atoms with E-state index in [1.54, 1.807) is 18.2 Å². The third-order valence-electron chi connectivity index (χ3n) is 6.06. The van der Waals surface area contributed by atoms with Crippen LogP contribution in [0.5, 0.6) is 0 Å². The highest BCUT2D eigenvalue weighted by Gasteiger charge is 2.35. The number of nitrogens with zero attached hydrogens (tertiary/aromatic N) is 3. The lowest BCUT2D eigenvalue weighted by atomic mass is 9.97. The van der Waals surface area contributed by atoms with Crippen LogP contribution >= 0.6 is 0 Å². The summed E-state index contributed by atoms with van der Waals surface area (Å²) < 4.78 is 33.4. The molecule has 0 aliphatic carbocycles. The number of amides is 2. The molecule has 6 nitrogen and oxygen atoms in total. The number of aryl methyl sites for hydroxylation is 1. The minimum atomic E-state index is -0.544. The molecule has 186 valence electrons. The molecule has 2 amide bonds. The number of benzene rings is 3. The predicted molar refractivity (Wildman–Crippen MR) is 132 cm³/mol. The second-order valence-electron chi connectivity index (χ2n) is 8.63. The molecule has 0 fully saturated rings. The Morgan fingerprint density at radius 1 is 1.06 bits per heavy atom. The topological polar surface area (TPSA) is 62.2 Å². The fraction of sp³-hybridized carbons (Fsp3) is 0.250. The van der Waals surface area contributed by atoms with E-state index in [1.807, 2.05) is 31.2 Å². The van der Waals surface area contributed by atoms with Crippen molar-refractivity contribution in [3.8, 4) is 0 Å². The molecule has 3 aromatic rings. The molecule has 0 aromatic heterocycles. The first-order valence-electron chi connectivity index (χ1n) is 11.6. The number of ether oxygens (including phenoxy) is 1. The molecule has 0 saturated carbocycles. The van der Waals surface area contributed by atoms with Crippen LogP contribution in [0.2, 0.25) is 0 Å². The highest BCUT2D eigenvalue weighted by atomic mass is 19.1. The molecule has 0 spiro atoms. The van der Waals surface area contributed by atoms with Gasteiger partial charge in [0.15, 0.2) is 0 Å². The summed E-state index contributed by atoms with van der Waals surface area (Å²) in [6.07, 6.45) is 0.325. The second-order valence-corrected chi connectivity index (χ2v) is 8.63. The van der Waals surface area contributed by atoms with Crippen LogP contribution in [0.15, 0.2) is 77.9 Å². The summed E-state index contributed by atoms with van der Waals surface area (Å²) in [5.41, 5.74) is 2.83. The van der Waals surface area contributed by atoms with Gasteiger partial charge in [0, 0.05) is 31.2 Å². The number of methoxy groups -OCH3 is 1. The van der Waals surface area contributed by atoms with Crippen molar-refractivity contribution in [2.75, 3.05) is 26.8 Å². The smallest absolute Gasteiger partial charge is 0.262 e. The summed E-state index contributed by atoms with van der Waals surface area (Å²) in [4.78, 5) is 28.0. The molecule has 4 rings (SSSR count). The van der Waals surface area contributed by atoms with Gasteiger partial charge in [-0.15, -0.1) is 0 Å². The fourth-order valence-electron chi connectivity index (χ4n) is 4.14. The molecular formula is C28H27F2N3O3. The zero-order valence-electron chi connectivity index (χ0n) is 20.2. The average molecular weight is 492 g/mol. The molecule has 0 N–H and O–H groups in total. The van der Waals surface area contributed by atoms with E-state index in [4.69, 9.17) is 4.74 Å². The van der Waals surface area contributed by atoms with Gasteiger partial charge in [-0.1, -0.05) is 54.1 Å². The molecule has 1 aliphatic rings. The molecule has 8 heteroatoms. The fourth-order valence-corrected chi connectivity index (χ4v) is 4.14. The lowest BCUT2D eigenvalue weighted by Crippen LogP contribution is -2.42. The van der Waals surface area contributed by atoms with Crippen molar-refractivity contribution in [2.24, 2.45) is 5.10 Å². The number of halogens is 2. The van der Waals surface area contributed by atoms with Crippen molar-refractivity contribution in [3.05, 3.63) is 107 Å². The lowest BCUT2D eigenvalue weighted by molar-refractivity contribution is -0.133. The van der Waals surface area contributed by atoms with E-state index in [9.17, 15) is 18.4 Å². The van der Waals surface area contributed by atoms with Gasteiger partial charge in [-0.2, -0.15) is 5.10 Å². The van der Waals surface area contributed by atoms with Gasteiger partial charge in [0.05, 0.1) is 18.4 Å². The van der Waals surface area contributed by atoms with E-state index < -0.39 is 29.5 Å². The highest BCUT2D eigenvalue weighted by molar-refractivity contribution is 6.04. The van der Waals surface area contributed by atoms with Crippen molar-refractivity contribution in [2.45, 2.75) is 19.4 Å². The van der Waals surface area contributed by atoms with Crippen molar-refractivity contribution in [1.29, 1.82) is 0 Å². The molecular weight excluding hydrogens is 464 g/mol. The minimum Gasteiger partial charge on any atom is -0.383 e. The van der Waals surface area contributed by atoms with E-state index in [0.717, 1.165) is 17.2 Å². The first-order valence-corrected chi connectivity index (χ1v) is 11.6. The summed E-state index contributed by atoms with van der Waals surface area (Å²) in [6.45, 7) is 1.99. The maximum atomic E-state index is 14.5. The van der Waals surface area contributed by atoms with Crippen molar-refractivity contribution >= 4 is 17.5 Å². The SMILES string of the molecule is COCCN(CC(=O)N1N=C(c2ccccc2F)C[C@H]1c1ccc(C)cc1)C(=O)c1cccc(F)c1. The van der Waals surface area contributed by atoms with Crippen LogP contribution in [0.25, 0.3) is 0 Å². The first-order chi connectivity index (χ1) is 17.4. The van der Waals surface area contributed by atoms with Gasteiger partial charge in [-0.25, -0.2) is 13.8 Å². The van der Waals surface area contributed by atoms with Crippen molar-refractivity contribution in [3.63, 3.8) is 0 Å². The van der Waals surface area contributed by atoms with Crippen LogP contribution < -0.4 is 0 Å². The van der Waals surface area contributed by atoms with Gasteiger partial charge in [-0.05, 0) is 36.8 Å². The molecule has 0 radical (unpaired) electrons. The summed E-state index contributed by atoms with van der Waals surface area (Å²) >= 11 is 0. The van der Waals surface area contributed by atoms with E-state index >= 15 is 0 Å². The van der Waals surface area contributed by atoms with Gasteiger partial charge >= 0.3 is 0 Å². The molecule has 1 heterocycles. The lowest BCUT2D eigenvalue weighted by Gasteiger charge is -2.27. The summed E-state index contributed by atoms with van der Waals surface area (Å²) in [5, 5.41) is 5.83. The average Bonchev–Trinajstić information content (AvgIpc) is 3.32. The Morgan fingerprint density at radius 3 is 2.50 bits per heavy atom. The van der Waals surface area contributed by atoms with Crippen LogP contribution in [-0.4, -0.2) is 54.2 Å². The Kier molecular flexibility index (Phi) is 7.85. The third kappa shape index (κ3) is 5.66. The van der Waals surface area contributed by atoms with Crippen LogP contribution in [-0.2, 0) is 9.53 Å². The second kappa shape index (κ2) is 11.2. The van der Waals surface area contributed by atoms with Gasteiger partial charge in [-0.3, -0.25) is 9.59 Å². The van der Waals surface area contributed by atoms with E-state index in [-0.39, 0.29) is 25.3 Å². The van der Waals surface area contributed by atoms with Gasteiger partial charge in [0.25, 0.3) is 11.8 Å². The quantitative estimate of drug-likeness (QED) is 0.457. The zero-order chi connectivity index (χ0) is 25.7. The van der Waals surface area contributed by atoms with Crippen LogP contribution in [0.1, 0.15) is 39.5 Å². The predicted octanol–water partition coefficient (Wildman–Crippen LogP) is 4.74. The van der Waals surface area contributed by atoms with Crippen molar-refractivity contribution in [1.82, 2.24) is 9.91 Å². The van der Waals surface area contributed by atoms with E-state index in [2.05, 4.69) is 5.10 Å². The Morgan fingerprint density at radius 2 is 1.81 bits per heavy atom. The van der Waals surface area contributed by atoms with Crippen molar-refractivity contribution < 1.29 is 23.1 Å². The standard InChI is InChI=1S/C28H27F2N3O3/c1-19-10-12-20(13-11-19)26-17-25(23-8-3-4-9-24(23)30)31-33(26)27(34)18-32(14-15-36-2)28(35)21-6-5-7-22(29)16-21/h3-13,16,26H,14-15,17-18H2,1-2H3/t26-/m0/s1. The normalized spacial score (nSPS) is 15.1. The molecule has 1 atom stereocenters. The van der Waals surface area contributed by atoms with Crippen LogP contribution in [0, 0.1) is 18.6 Å². The van der Waals surface area contributed by atoms with Crippen LogP contribution in [0.4, 0.5) is 8.78 Å². The Balaban J connectivity index is 1.64. The van der Waals surface area contributed by atoms with Crippen LogP contribution in [0.3, 0.4) is 0 Å². The molecule has 3 aromatic carbocycles. The highest BCUT2D eigenvalue weighted by Crippen LogP contribution is 2.33. The molecule has 1 aliphatic heterocycles. The largest absolute Gasteiger partial charge is 0.383 e. The Bertz CT molecular complexity index is 1280. The van der Waals surface area contributed by atoms with Gasteiger partial charge in [0.2, 0.25) is 0 Å². The summed E-state index contributed by atoms with van der Waals surface area (Å²) in [6, 6.07) is 18.9. The molecule has 36 heavy (non-hydrogen) atoms. The summed E-state index contributed by atoms with van der Waals surface area (Å²) in [5.74, 6) is -1.90. The molecule has 0 unspecified atom stereocenters. The van der Waals surface area contributed by atoms with E-state index in [1.165, 1.54) is 41.3 Å². The molecule has 0 bridgehead atoms. The number of rotatable bonds is 8. The monoisotopic (exact) mass is 491 g/mol. The van der Waals surface area contributed by atoms with Gasteiger partial charge in [0.1, 0.15) is 18.2 Å². The Hall–Kier alpha value is -3.91. The number of hydrogen-bond acceptors (Lipinski definition) is 4. The maximum Gasteiger partial charge on any atom is 0.262 e. The number of carbonyl (C=O) groups is 2. The summed E-state index contributed by atoms with van der Waals surface area (Å²) in [7, 11) is 1.49. The number of hydrogen-bond donors (Lipinski definition) is 0. The Labute approximate surface area is 208 Å². The maximum absolute atomic E-state index is 14.5.